The number of hydrogen-bond donors (Lipinski definition) is 1. The van der Waals surface area contributed by atoms with Crippen molar-refractivity contribution < 1.29 is 14.3 Å². The highest BCUT2D eigenvalue weighted by Gasteiger charge is 2.30. The van der Waals surface area contributed by atoms with Gasteiger partial charge in [0.2, 0.25) is 11.8 Å². The number of carbonyl (C=O) groups is 2. The molecular formula is C22H28N4O3. The molecule has 7 nitrogen and oxygen atoms in total. The Labute approximate surface area is 171 Å². The van der Waals surface area contributed by atoms with E-state index in [9.17, 15) is 9.59 Å². The number of hydrogen-bond acceptors (Lipinski definition) is 4. The third-order valence-corrected chi connectivity index (χ3v) is 5.82. The number of benzene rings is 1. The zero-order valence-corrected chi connectivity index (χ0v) is 16.9. The van der Waals surface area contributed by atoms with Gasteiger partial charge in [-0.2, -0.15) is 5.10 Å². The molecule has 0 saturated carbocycles. The van der Waals surface area contributed by atoms with Gasteiger partial charge in [0.15, 0.2) is 0 Å². The van der Waals surface area contributed by atoms with E-state index < -0.39 is 0 Å². The quantitative estimate of drug-likeness (QED) is 0.811. The predicted octanol–water partition coefficient (Wildman–Crippen LogP) is 2.07. The first kappa shape index (κ1) is 19.5. The summed E-state index contributed by atoms with van der Waals surface area (Å²) in [5.41, 5.74) is 3.35. The Balaban J connectivity index is 1.24. The highest BCUT2D eigenvalue weighted by atomic mass is 16.5. The van der Waals surface area contributed by atoms with Gasteiger partial charge in [-0.25, -0.2) is 0 Å². The Bertz CT molecular complexity index is 892. The van der Waals surface area contributed by atoms with Gasteiger partial charge >= 0.3 is 0 Å². The smallest absolute Gasteiger partial charge is 0.225 e. The molecule has 1 saturated heterocycles. The van der Waals surface area contributed by atoms with Gasteiger partial charge in [0.25, 0.3) is 0 Å². The highest BCUT2D eigenvalue weighted by Crippen LogP contribution is 2.25. The molecular weight excluding hydrogens is 368 g/mol. The number of rotatable bonds is 6. The SMILES string of the molecule is Cc1ccnn1CCC(=O)N1CCC(C(=O)NCc2ccc3c(c2)CCCO3)C1. The number of nitrogens with one attached hydrogen (secondary N) is 1. The maximum atomic E-state index is 12.6. The summed E-state index contributed by atoms with van der Waals surface area (Å²) in [6.45, 7) is 4.99. The van der Waals surface area contributed by atoms with Crippen LogP contribution in [0.25, 0.3) is 0 Å². The molecule has 0 spiro atoms. The van der Waals surface area contributed by atoms with Crippen LogP contribution in [0.5, 0.6) is 5.75 Å². The molecule has 0 aliphatic carbocycles. The summed E-state index contributed by atoms with van der Waals surface area (Å²) in [6, 6.07) is 8.05. The lowest BCUT2D eigenvalue weighted by Gasteiger charge is -2.18. The van der Waals surface area contributed by atoms with Crippen molar-refractivity contribution in [2.24, 2.45) is 5.92 Å². The second-order valence-corrected chi connectivity index (χ2v) is 7.88. The Hall–Kier alpha value is -2.83. The normalized spacial score (nSPS) is 18.2. The summed E-state index contributed by atoms with van der Waals surface area (Å²) in [5.74, 6) is 0.940. The van der Waals surface area contributed by atoms with Gasteiger partial charge in [0, 0.05) is 44.5 Å². The van der Waals surface area contributed by atoms with Crippen LogP contribution in [-0.2, 0) is 29.1 Å². The average molecular weight is 396 g/mol. The van der Waals surface area contributed by atoms with Crippen LogP contribution in [0.2, 0.25) is 0 Å². The molecule has 2 aromatic rings. The number of aromatic nitrogens is 2. The number of likely N-dealkylation sites (tertiary alicyclic amines) is 1. The van der Waals surface area contributed by atoms with Crippen LogP contribution in [-0.4, -0.2) is 46.2 Å². The van der Waals surface area contributed by atoms with Crippen LogP contribution < -0.4 is 10.1 Å². The van der Waals surface area contributed by atoms with Crippen molar-refractivity contribution in [1.82, 2.24) is 20.0 Å². The third kappa shape index (κ3) is 4.60. The molecule has 7 heteroatoms. The van der Waals surface area contributed by atoms with E-state index in [0.29, 0.717) is 32.6 Å². The Morgan fingerprint density at radius 2 is 2.21 bits per heavy atom. The molecule has 2 amide bonds. The third-order valence-electron chi connectivity index (χ3n) is 5.82. The number of nitrogens with zero attached hydrogens (tertiary/aromatic N) is 3. The van der Waals surface area contributed by atoms with Gasteiger partial charge in [0.1, 0.15) is 5.75 Å². The monoisotopic (exact) mass is 396 g/mol. The van der Waals surface area contributed by atoms with Crippen LogP contribution in [0.1, 0.15) is 36.1 Å². The van der Waals surface area contributed by atoms with Crippen LogP contribution in [0, 0.1) is 12.8 Å². The van der Waals surface area contributed by atoms with E-state index in [1.54, 1.807) is 11.1 Å². The molecule has 0 radical (unpaired) electrons. The van der Waals surface area contributed by atoms with Crippen LogP contribution in [0.15, 0.2) is 30.5 Å². The Morgan fingerprint density at radius 1 is 1.31 bits per heavy atom. The Kier molecular flexibility index (Phi) is 5.83. The summed E-state index contributed by atoms with van der Waals surface area (Å²) >= 11 is 0. The van der Waals surface area contributed by atoms with Gasteiger partial charge in [-0.15, -0.1) is 0 Å². The maximum Gasteiger partial charge on any atom is 0.225 e. The molecule has 154 valence electrons. The first-order valence-corrected chi connectivity index (χ1v) is 10.4. The van der Waals surface area contributed by atoms with Crippen LogP contribution in [0.4, 0.5) is 0 Å². The molecule has 4 rings (SSSR count). The van der Waals surface area contributed by atoms with Crippen molar-refractivity contribution in [3.8, 4) is 5.75 Å². The number of aryl methyl sites for hydroxylation is 3. The van der Waals surface area contributed by atoms with Crippen LogP contribution >= 0.6 is 0 Å². The molecule has 1 aromatic carbocycles. The lowest BCUT2D eigenvalue weighted by atomic mass is 10.0. The molecule has 1 fully saturated rings. The summed E-state index contributed by atoms with van der Waals surface area (Å²) in [6.07, 6.45) is 4.93. The fourth-order valence-electron chi connectivity index (χ4n) is 4.05. The molecule has 1 unspecified atom stereocenters. The van der Waals surface area contributed by atoms with Gasteiger partial charge in [-0.1, -0.05) is 12.1 Å². The Morgan fingerprint density at radius 3 is 3.03 bits per heavy atom. The van der Waals surface area contributed by atoms with Gasteiger partial charge < -0.3 is 15.0 Å². The minimum atomic E-state index is -0.133. The summed E-state index contributed by atoms with van der Waals surface area (Å²) in [4.78, 5) is 26.9. The van der Waals surface area contributed by atoms with Gasteiger partial charge in [-0.05, 0) is 49.4 Å². The lowest BCUT2D eigenvalue weighted by molar-refractivity contribution is -0.131. The number of amides is 2. The van der Waals surface area contributed by atoms with E-state index in [-0.39, 0.29) is 17.7 Å². The number of ether oxygens (including phenoxy) is 1. The predicted molar refractivity (Wildman–Crippen MR) is 108 cm³/mol. The summed E-state index contributed by atoms with van der Waals surface area (Å²) in [7, 11) is 0. The van der Waals surface area contributed by atoms with E-state index >= 15 is 0 Å². The van der Waals surface area contributed by atoms with E-state index in [1.165, 1.54) is 5.56 Å². The highest BCUT2D eigenvalue weighted by molar-refractivity contribution is 5.82. The summed E-state index contributed by atoms with van der Waals surface area (Å²) < 4.78 is 7.47. The average Bonchev–Trinajstić information content (AvgIpc) is 3.39. The zero-order chi connectivity index (χ0) is 20.2. The van der Waals surface area contributed by atoms with Crippen molar-refractivity contribution in [2.45, 2.75) is 45.7 Å². The van der Waals surface area contributed by atoms with E-state index in [2.05, 4.69) is 16.5 Å². The standard InChI is InChI=1S/C22H28N4O3/c1-16-6-9-24-26(16)11-8-21(27)25-10-7-19(15-25)22(28)23-14-17-4-5-20-18(13-17)3-2-12-29-20/h4-6,9,13,19H,2-3,7-8,10-12,14-15H2,1H3,(H,23,28). The molecule has 1 atom stereocenters. The second-order valence-electron chi connectivity index (χ2n) is 7.88. The van der Waals surface area contributed by atoms with Crippen molar-refractivity contribution >= 4 is 11.8 Å². The van der Waals surface area contributed by atoms with Crippen LogP contribution in [0.3, 0.4) is 0 Å². The van der Waals surface area contributed by atoms with Crippen molar-refractivity contribution in [3.63, 3.8) is 0 Å². The maximum absolute atomic E-state index is 12.6. The van der Waals surface area contributed by atoms with Gasteiger partial charge in [0.05, 0.1) is 12.5 Å². The first-order valence-electron chi connectivity index (χ1n) is 10.4. The minimum absolute atomic E-state index is 0.0252. The molecule has 1 aromatic heterocycles. The van der Waals surface area contributed by atoms with Crippen molar-refractivity contribution in [1.29, 1.82) is 0 Å². The zero-order valence-electron chi connectivity index (χ0n) is 16.9. The fraction of sp³-hybridized carbons (Fsp3) is 0.500. The molecule has 3 heterocycles. The van der Waals surface area contributed by atoms with Crippen molar-refractivity contribution in [2.75, 3.05) is 19.7 Å². The number of fused-ring (bicyclic) bond motifs is 1. The topological polar surface area (TPSA) is 76.5 Å². The number of carbonyl (C=O) groups excluding carboxylic acids is 2. The van der Waals surface area contributed by atoms with E-state index in [1.807, 2.05) is 29.8 Å². The van der Waals surface area contributed by atoms with E-state index in [0.717, 1.165) is 42.9 Å². The molecule has 2 aliphatic rings. The van der Waals surface area contributed by atoms with Crippen molar-refractivity contribution in [3.05, 3.63) is 47.3 Å². The first-order chi connectivity index (χ1) is 14.1. The minimum Gasteiger partial charge on any atom is -0.493 e. The molecule has 1 N–H and O–H groups in total. The summed E-state index contributed by atoms with van der Waals surface area (Å²) in [5, 5.41) is 7.25. The molecule has 29 heavy (non-hydrogen) atoms. The molecule has 0 bridgehead atoms. The second kappa shape index (κ2) is 8.68. The lowest BCUT2D eigenvalue weighted by Crippen LogP contribution is -2.34. The largest absolute Gasteiger partial charge is 0.493 e. The molecule has 2 aliphatic heterocycles. The van der Waals surface area contributed by atoms with E-state index in [4.69, 9.17) is 4.74 Å². The fourth-order valence-corrected chi connectivity index (χ4v) is 4.05. The van der Waals surface area contributed by atoms with Gasteiger partial charge in [-0.3, -0.25) is 14.3 Å².